The van der Waals surface area contributed by atoms with Crippen LogP contribution in [0.1, 0.15) is 62.8 Å². The highest BCUT2D eigenvalue weighted by Gasteiger charge is 2.23. The SMILES string of the molecule is CC[C@@H](Oc1cccc2ccccc12)C(=O)N[C@@H](C)c1cc(C(C)C)c(OC)cc1C. The van der Waals surface area contributed by atoms with Crippen LogP contribution in [0.25, 0.3) is 10.8 Å². The van der Waals surface area contributed by atoms with Gasteiger partial charge in [-0.25, -0.2) is 0 Å². The second-order valence-corrected chi connectivity index (χ2v) is 8.33. The number of amides is 1. The van der Waals surface area contributed by atoms with Gasteiger partial charge in [-0.05, 0) is 66.5 Å². The molecule has 3 aromatic rings. The van der Waals surface area contributed by atoms with E-state index in [2.05, 4.69) is 38.2 Å². The first kappa shape index (κ1) is 22.7. The molecule has 164 valence electrons. The number of ether oxygens (including phenoxy) is 2. The van der Waals surface area contributed by atoms with Crippen molar-refractivity contribution in [1.82, 2.24) is 5.32 Å². The molecule has 2 atom stereocenters. The summed E-state index contributed by atoms with van der Waals surface area (Å²) in [6.07, 6.45) is 0.0250. The Labute approximate surface area is 185 Å². The normalized spacial score (nSPS) is 13.1. The Kier molecular flexibility index (Phi) is 7.21. The van der Waals surface area contributed by atoms with Gasteiger partial charge in [0.2, 0.25) is 0 Å². The molecule has 0 aliphatic heterocycles. The molecule has 4 nitrogen and oxygen atoms in total. The zero-order valence-electron chi connectivity index (χ0n) is 19.4. The molecule has 0 spiro atoms. The number of carbonyl (C=O) groups is 1. The molecule has 0 fully saturated rings. The maximum Gasteiger partial charge on any atom is 0.261 e. The van der Waals surface area contributed by atoms with Crippen LogP contribution in [-0.4, -0.2) is 19.1 Å². The van der Waals surface area contributed by atoms with Crippen LogP contribution in [0.2, 0.25) is 0 Å². The summed E-state index contributed by atoms with van der Waals surface area (Å²) in [5.74, 6) is 1.84. The van der Waals surface area contributed by atoms with Crippen molar-refractivity contribution in [2.45, 2.75) is 59.1 Å². The minimum absolute atomic E-state index is 0.107. The van der Waals surface area contributed by atoms with Crippen LogP contribution in [0, 0.1) is 6.92 Å². The monoisotopic (exact) mass is 419 g/mol. The molecule has 3 aromatic carbocycles. The minimum Gasteiger partial charge on any atom is -0.496 e. The summed E-state index contributed by atoms with van der Waals surface area (Å²) < 4.78 is 11.7. The Balaban J connectivity index is 1.80. The van der Waals surface area contributed by atoms with E-state index in [0.29, 0.717) is 12.3 Å². The van der Waals surface area contributed by atoms with Crippen molar-refractivity contribution in [2.24, 2.45) is 0 Å². The summed E-state index contributed by atoms with van der Waals surface area (Å²) >= 11 is 0. The topological polar surface area (TPSA) is 47.6 Å². The second-order valence-electron chi connectivity index (χ2n) is 8.33. The molecule has 0 saturated heterocycles. The third-order valence-electron chi connectivity index (χ3n) is 5.75. The van der Waals surface area contributed by atoms with Crippen LogP contribution in [0.3, 0.4) is 0 Å². The Hall–Kier alpha value is -3.01. The van der Waals surface area contributed by atoms with E-state index >= 15 is 0 Å². The molecule has 0 aromatic heterocycles. The number of methoxy groups -OCH3 is 1. The molecule has 1 amide bonds. The van der Waals surface area contributed by atoms with Gasteiger partial charge in [-0.15, -0.1) is 0 Å². The number of rotatable bonds is 8. The summed E-state index contributed by atoms with van der Waals surface area (Å²) in [6, 6.07) is 18.0. The maximum atomic E-state index is 13.1. The number of aryl methyl sites for hydroxylation is 1. The molecule has 0 unspecified atom stereocenters. The first-order valence-electron chi connectivity index (χ1n) is 11.0. The predicted octanol–water partition coefficient (Wildman–Crippen LogP) is 6.32. The van der Waals surface area contributed by atoms with Gasteiger partial charge in [-0.3, -0.25) is 4.79 Å². The quantitative estimate of drug-likeness (QED) is 0.465. The van der Waals surface area contributed by atoms with Crippen LogP contribution in [0.5, 0.6) is 11.5 Å². The van der Waals surface area contributed by atoms with Crippen molar-refractivity contribution < 1.29 is 14.3 Å². The standard InChI is InChI=1S/C27H33NO3/c1-7-24(31-25-14-10-12-20-11-8-9-13-21(20)25)27(29)28-19(5)23-16-22(17(2)3)26(30-6)15-18(23)4/h8-17,19,24H,7H2,1-6H3,(H,28,29)/t19-,24+/m0/s1. The van der Waals surface area contributed by atoms with Crippen LogP contribution in [-0.2, 0) is 4.79 Å². The first-order chi connectivity index (χ1) is 14.8. The van der Waals surface area contributed by atoms with Crippen molar-refractivity contribution in [3.63, 3.8) is 0 Å². The number of fused-ring (bicyclic) bond motifs is 1. The van der Waals surface area contributed by atoms with E-state index in [1.54, 1.807) is 7.11 Å². The van der Waals surface area contributed by atoms with Gasteiger partial charge >= 0.3 is 0 Å². The van der Waals surface area contributed by atoms with Crippen LogP contribution in [0.15, 0.2) is 54.6 Å². The highest BCUT2D eigenvalue weighted by molar-refractivity contribution is 5.89. The second kappa shape index (κ2) is 9.86. The van der Waals surface area contributed by atoms with Gasteiger partial charge in [0.25, 0.3) is 5.91 Å². The van der Waals surface area contributed by atoms with E-state index in [1.165, 1.54) is 0 Å². The highest BCUT2D eigenvalue weighted by Crippen LogP contribution is 2.32. The molecule has 0 bridgehead atoms. The van der Waals surface area contributed by atoms with Gasteiger partial charge in [0, 0.05) is 5.39 Å². The average molecular weight is 420 g/mol. The van der Waals surface area contributed by atoms with E-state index in [9.17, 15) is 4.79 Å². The number of benzene rings is 3. The summed E-state index contributed by atoms with van der Waals surface area (Å²) in [7, 11) is 1.70. The van der Waals surface area contributed by atoms with Crippen molar-refractivity contribution in [3.8, 4) is 11.5 Å². The third kappa shape index (κ3) is 5.01. The van der Waals surface area contributed by atoms with E-state index in [1.807, 2.05) is 56.3 Å². The zero-order valence-corrected chi connectivity index (χ0v) is 19.4. The summed E-state index contributed by atoms with van der Waals surface area (Å²) in [6.45, 7) is 10.3. The lowest BCUT2D eigenvalue weighted by atomic mass is 9.93. The van der Waals surface area contributed by atoms with Gasteiger partial charge in [-0.1, -0.05) is 57.2 Å². The molecule has 0 aliphatic carbocycles. The lowest BCUT2D eigenvalue weighted by Crippen LogP contribution is -2.39. The van der Waals surface area contributed by atoms with E-state index in [0.717, 1.165) is 39.0 Å². The molecule has 0 radical (unpaired) electrons. The largest absolute Gasteiger partial charge is 0.496 e. The molecule has 0 saturated carbocycles. The van der Waals surface area contributed by atoms with Crippen LogP contribution < -0.4 is 14.8 Å². The number of hydrogen-bond donors (Lipinski definition) is 1. The van der Waals surface area contributed by atoms with Crippen molar-refractivity contribution in [1.29, 1.82) is 0 Å². The minimum atomic E-state index is -0.559. The van der Waals surface area contributed by atoms with E-state index in [-0.39, 0.29) is 11.9 Å². The van der Waals surface area contributed by atoms with Crippen LogP contribution in [0.4, 0.5) is 0 Å². The fourth-order valence-electron chi connectivity index (χ4n) is 3.97. The lowest BCUT2D eigenvalue weighted by Gasteiger charge is -2.24. The van der Waals surface area contributed by atoms with Gasteiger partial charge in [-0.2, -0.15) is 0 Å². The Morgan fingerprint density at radius 1 is 0.968 bits per heavy atom. The Bertz CT molecular complexity index is 1050. The summed E-state index contributed by atoms with van der Waals surface area (Å²) in [5, 5.41) is 5.26. The number of hydrogen-bond acceptors (Lipinski definition) is 3. The molecule has 1 N–H and O–H groups in total. The van der Waals surface area contributed by atoms with Crippen molar-refractivity contribution in [3.05, 3.63) is 71.3 Å². The fraction of sp³-hybridized carbons (Fsp3) is 0.370. The average Bonchev–Trinajstić information content (AvgIpc) is 2.76. The van der Waals surface area contributed by atoms with Gasteiger partial charge in [0.05, 0.1) is 13.2 Å². The molecule has 0 aliphatic rings. The van der Waals surface area contributed by atoms with Gasteiger partial charge in [0.15, 0.2) is 6.10 Å². The molecule has 31 heavy (non-hydrogen) atoms. The van der Waals surface area contributed by atoms with Crippen LogP contribution >= 0.6 is 0 Å². The number of carbonyl (C=O) groups excluding carboxylic acids is 1. The smallest absolute Gasteiger partial charge is 0.261 e. The number of nitrogens with one attached hydrogen (secondary N) is 1. The summed E-state index contributed by atoms with van der Waals surface area (Å²) in [4.78, 5) is 13.1. The Morgan fingerprint density at radius 3 is 2.35 bits per heavy atom. The van der Waals surface area contributed by atoms with Gasteiger partial charge < -0.3 is 14.8 Å². The van der Waals surface area contributed by atoms with Gasteiger partial charge in [0.1, 0.15) is 11.5 Å². The third-order valence-corrected chi connectivity index (χ3v) is 5.75. The first-order valence-corrected chi connectivity index (χ1v) is 11.0. The zero-order chi connectivity index (χ0) is 22.5. The van der Waals surface area contributed by atoms with E-state index in [4.69, 9.17) is 9.47 Å². The molecular weight excluding hydrogens is 386 g/mol. The predicted molar refractivity (Wildman–Crippen MR) is 127 cm³/mol. The molecule has 4 heteroatoms. The molecule has 0 heterocycles. The lowest BCUT2D eigenvalue weighted by molar-refractivity contribution is -0.128. The van der Waals surface area contributed by atoms with Crippen molar-refractivity contribution in [2.75, 3.05) is 7.11 Å². The molecular formula is C27H33NO3. The molecule has 3 rings (SSSR count). The maximum absolute atomic E-state index is 13.1. The van der Waals surface area contributed by atoms with Crippen molar-refractivity contribution >= 4 is 16.7 Å². The fourth-order valence-corrected chi connectivity index (χ4v) is 3.97. The van der Waals surface area contributed by atoms with E-state index < -0.39 is 6.10 Å². The highest BCUT2D eigenvalue weighted by atomic mass is 16.5. The Morgan fingerprint density at radius 2 is 1.68 bits per heavy atom. The summed E-state index contributed by atoms with van der Waals surface area (Å²) in [5.41, 5.74) is 3.33.